The summed E-state index contributed by atoms with van der Waals surface area (Å²) in [6.45, 7) is 5.63. The molecule has 1 saturated heterocycles. The SMILES string of the molecule is CC(=O)NCC1CCN(C(=O)C(C)CCc2ccccc2F)CC1. The summed E-state index contributed by atoms with van der Waals surface area (Å²) in [5.74, 6) is 0.304. The number of likely N-dealkylation sites (tertiary alicyclic amines) is 1. The van der Waals surface area contributed by atoms with E-state index in [-0.39, 0.29) is 23.5 Å². The quantitative estimate of drug-likeness (QED) is 0.870. The van der Waals surface area contributed by atoms with Crippen LogP contribution in [0.2, 0.25) is 0 Å². The van der Waals surface area contributed by atoms with Gasteiger partial charge in [0.05, 0.1) is 0 Å². The van der Waals surface area contributed by atoms with Crippen molar-refractivity contribution in [3.05, 3.63) is 35.6 Å². The zero-order chi connectivity index (χ0) is 17.5. The third kappa shape index (κ3) is 5.32. The first-order valence-corrected chi connectivity index (χ1v) is 8.74. The van der Waals surface area contributed by atoms with E-state index < -0.39 is 0 Å². The summed E-state index contributed by atoms with van der Waals surface area (Å²) in [6.07, 6.45) is 3.09. The monoisotopic (exact) mass is 334 g/mol. The van der Waals surface area contributed by atoms with Crippen LogP contribution in [0.3, 0.4) is 0 Å². The Morgan fingerprint density at radius 2 is 1.96 bits per heavy atom. The molecule has 24 heavy (non-hydrogen) atoms. The maximum Gasteiger partial charge on any atom is 0.225 e. The van der Waals surface area contributed by atoms with Gasteiger partial charge >= 0.3 is 0 Å². The van der Waals surface area contributed by atoms with E-state index >= 15 is 0 Å². The van der Waals surface area contributed by atoms with Gasteiger partial charge in [0.15, 0.2) is 0 Å². The zero-order valence-corrected chi connectivity index (χ0v) is 14.6. The van der Waals surface area contributed by atoms with Gasteiger partial charge in [0.2, 0.25) is 11.8 Å². The molecule has 0 aromatic heterocycles. The Morgan fingerprint density at radius 3 is 2.58 bits per heavy atom. The van der Waals surface area contributed by atoms with Crippen molar-refractivity contribution in [2.24, 2.45) is 11.8 Å². The van der Waals surface area contributed by atoms with Gasteiger partial charge in [-0.3, -0.25) is 9.59 Å². The van der Waals surface area contributed by atoms with Crippen molar-refractivity contribution in [1.82, 2.24) is 10.2 Å². The first-order chi connectivity index (χ1) is 11.5. The Bertz CT molecular complexity index is 568. The minimum absolute atomic E-state index is 0.00438. The summed E-state index contributed by atoms with van der Waals surface area (Å²) in [7, 11) is 0. The molecule has 1 aliphatic heterocycles. The van der Waals surface area contributed by atoms with E-state index in [9.17, 15) is 14.0 Å². The summed E-state index contributed by atoms with van der Waals surface area (Å²) >= 11 is 0. The number of piperidine rings is 1. The fraction of sp³-hybridized carbons (Fsp3) is 0.579. The molecule has 0 bridgehead atoms. The van der Waals surface area contributed by atoms with E-state index in [2.05, 4.69) is 5.32 Å². The number of aryl methyl sites for hydroxylation is 1. The van der Waals surface area contributed by atoms with Gasteiger partial charge in [-0.25, -0.2) is 4.39 Å². The van der Waals surface area contributed by atoms with Crippen LogP contribution in [0.5, 0.6) is 0 Å². The number of rotatable bonds is 6. The fourth-order valence-electron chi connectivity index (χ4n) is 3.15. The van der Waals surface area contributed by atoms with Crippen LogP contribution in [0, 0.1) is 17.7 Å². The number of nitrogens with one attached hydrogen (secondary N) is 1. The summed E-state index contributed by atoms with van der Waals surface area (Å²) in [6, 6.07) is 6.74. The lowest BCUT2D eigenvalue weighted by molar-refractivity contribution is -0.136. The number of carbonyl (C=O) groups is 2. The second-order valence-corrected chi connectivity index (χ2v) is 6.74. The third-order valence-electron chi connectivity index (χ3n) is 4.79. The summed E-state index contributed by atoms with van der Waals surface area (Å²) < 4.78 is 13.6. The lowest BCUT2D eigenvalue weighted by atomic mass is 9.94. The number of nitrogens with zero attached hydrogens (tertiary/aromatic N) is 1. The maximum absolute atomic E-state index is 13.6. The first kappa shape index (κ1) is 18.4. The van der Waals surface area contributed by atoms with Crippen LogP contribution >= 0.6 is 0 Å². The third-order valence-corrected chi connectivity index (χ3v) is 4.79. The summed E-state index contributed by atoms with van der Waals surface area (Å²) in [5.41, 5.74) is 0.672. The standard InChI is InChI=1S/C19H27FN2O2/c1-14(7-8-17-5-3-4-6-18(17)20)19(24)22-11-9-16(10-12-22)13-21-15(2)23/h3-6,14,16H,7-13H2,1-2H3,(H,21,23). The summed E-state index contributed by atoms with van der Waals surface area (Å²) in [5, 5.41) is 2.85. The van der Waals surface area contributed by atoms with Crippen LogP contribution in [0.15, 0.2) is 24.3 Å². The van der Waals surface area contributed by atoms with E-state index in [1.807, 2.05) is 17.9 Å². The second kappa shape index (κ2) is 8.81. The molecule has 0 saturated carbocycles. The molecule has 1 aliphatic rings. The molecule has 4 nitrogen and oxygen atoms in total. The van der Waals surface area contributed by atoms with E-state index in [0.29, 0.717) is 30.9 Å². The molecule has 0 aliphatic carbocycles. The van der Waals surface area contributed by atoms with Gasteiger partial charge in [-0.1, -0.05) is 25.1 Å². The molecule has 2 amide bonds. The average molecular weight is 334 g/mol. The molecule has 1 aromatic rings. The Balaban J connectivity index is 1.76. The Labute approximate surface area is 143 Å². The number of benzene rings is 1. The van der Waals surface area contributed by atoms with Gasteiger partial charge in [-0.2, -0.15) is 0 Å². The summed E-state index contributed by atoms with van der Waals surface area (Å²) in [4.78, 5) is 25.4. The molecule has 1 aromatic carbocycles. The maximum atomic E-state index is 13.6. The van der Waals surface area contributed by atoms with Crippen molar-refractivity contribution in [3.8, 4) is 0 Å². The topological polar surface area (TPSA) is 49.4 Å². The molecule has 0 spiro atoms. The lowest BCUT2D eigenvalue weighted by Gasteiger charge is -2.33. The van der Waals surface area contributed by atoms with Crippen molar-refractivity contribution >= 4 is 11.8 Å². The minimum Gasteiger partial charge on any atom is -0.356 e. The molecule has 1 heterocycles. The molecule has 1 atom stereocenters. The zero-order valence-electron chi connectivity index (χ0n) is 14.6. The second-order valence-electron chi connectivity index (χ2n) is 6.74. The average Bonchev–Trinajstić information content (AvgIpc) is 2.58. The fourth-order valence-corrected chi connectivity index (χ4v) is 3.15. The Hall–Kier alpha value is -1.91. The smallest absolute Gasteiger partial charge is 0.225 e. The van der Waals surface area contributed by atoms with Crippen LogP contribution in [0.25, 0.3) is 0 Å². The molecular weight excluding hydrogens is 307 g/mol. The number of hydrogen-bond donors (Lipinski definition) is 1. The molecule has 1 N–H and O–H groups in total. The Morgan fingerprint density at radius 1 is 1.29 bits per heavy atom. The van der Waals surface area contributed by atoms with Gasteiger partial charge in [0.25, 0.3) is 0 Å². The van der Waals surface area contributed by atoms with Crippen LogP contribution in [0.1, 0.15) is 38.7 Å². The Kier molecular flexibility index (Phi) is 6.76. The highest BCUT2D eigenvalue weighted by atomic mass is 19.1. The highest BCUT2D eigenvalue weighted by molar-refractivity contribution is 5.78. The lowest BCUT2D eigenvalue weighted by Crippen LogP contribution is -2.43. The van der Waals surface area contributed by atoms with E-state index in [1.54, 1.807) is 12.1 Å². The van der Waals surface area contributed by atoms with Gasteiger partial charge in [0, 0.05) is 32.5 Å². The van der Waals surface area contributed by atoms with E-state index in [1.165, 1.54) is 13.0 Å². The van der Waals surface area contributed by atoms with Crippen molar-refractivity contribution in [3.63, 3.8) is 0 Å². The highest BCUT2D eigenvalue weighted by Crippen LogP contribution is 2.20. The van der Waals surface area contributed by atoms with Gasteiger partial charge in [-0.15, -0.1) is 0 Å². The highest BCUT2D eigenvalue weighted by Gasteiger charge is 2.26. The van der Waals surface area contributed by atoms with Crippen LogP contribution in [0.4, 0.5) is 4.39 Å². The molecular formula is C19H27FN2O2. The molecule has 2 rings (SSSR count). The van der Waals surface area contributed by atoms with Gasteiger partial charge < -0.3 is 10.2 Å². The number of amides is 2. The van der Waals surface area contributed by atoms with Crippen LogP contribution in [-0.4, -0.2) is 36.3 Å². The molecule has 1 unspecified atom stereocenters. The molecule has 5 heteroatoms. The predicted octanol–water partition coefficient (Wildman–Crippen LogP) is 2.77. The van der Waals surface area contributed by atoms with Crippen molar-refractivity contribution in [1.29, 1.82) is 0 Å². The van der Waals surface area contributed by atoms with Gasteiger partial charge in [-0.05, 0) is 43.2 Å². The number of halogens is 1. The van der Waals surface area contributed by atoms with Gasteiger partial charge in [0.1, 0.15) is 5.82 Å². The first-order valence-electron chi connectivity index (χ1n) is 8.74. The molecule has 132 valence electrons. The van der Waals surface area contributed by atoms with Crippen molar-refractivity contribution in [2.45, 2.75) is 39.5 Å². The number of carbonyl (C=O) groups excluding carboxylic acids is 2. The molecule has 0 radical (unpaired) electrons. The predicted molar refractivity (Wildman–Crippen MR) is 91.9 cm³/mol. The molecule has 1 fully saturated rings. The van der Waals surface area contributed by atoms with E-state index in [4.69, 9.17) is 0 Å². The van der Waals surface area contributed by atoms with Crippen LogP contribution < -0.4 is 5.32 Å². The normalized spacial score (nSPS) is 16.7. The largest absolute Gasteiger partial charge is 0.356 e. The minimum atomic E-state index is -0.198. The van der Waals surface area contributed by atoms with Crippen LogP contribution in [-0.2, 0) is 16.0 Å². The van der Waals surface area contributed by atoms with Crippen molar-refractivity contribution in [2.75, 3.05) is 19.6 Å². The van der Waals surface area contributed by atoms with Crippen molar-refractivity contribution < 1.29 is 14.0 Å². The van der Waals surface area contributed by atoms with E-state index in [0.717, 1.165) is 25.9 Å². The number of hydrogen-bond acceptors (Lipinski definition) is 2.